The summed E-state index contributed by atoms with van der Waals surface area (Å²) in [6, 6.07) is 8.81. The smallest absolute Gasteiger partial charge is 0.0924 e. The van der Waals surface area contributed by atoms with Crippen molar-refractivity contribution in [2.45, 2.75) is 31.8 Å². The van der Waals surface area contributed by atoms with E-state index < -0.39 is 0 Å². The molecule has 2 aliphatic rings. The molecule has 0 amide bonds. The Bertz CT molecular complexity index is 410. The lowest BCUT2D eigenvalue weighted by atomic mass is 10.0. The molecular formula is C13H18N4. The average molecular weight is 230 g/mol. The highest BCUT2D eigenvalue weighted by Crippen LogP contribution is 2.25. The van der Waals surface area contributed by atoms with Crippen LogP contribution in [0.2, 0.25) is 0 Å². The van der Waals surface area contributed by atoms with Gasteiger partial charge < -0.3 is 5.32 Å². The third-order valence-corrected chi connectivity index (χ3v) is 3.47. The van der Waals surface area contributed by atoms with Gasteiger partial charge in [0.25, 0.3) is 0 Å². The zero-order valence-electron chi connectivity index (χ0n) is 9.97. The van der Waals surface area contributed by atoms with Crippen LogP contribution in [-0.4, -0.2) is 24.1 Å². The van der Waals surface area contributed by atoms with Crippen molar-refractivity contribution in [3.05, 3.63) is 29.8 Å². The summed E-state index contributed by atoms with van der Waals surface area (Å²) in [6.45, 7) is 3.00. The Labute approximate surface area is 102 Å². The molecule has 0 aliphatic carbocycles. The van der Waals surface area contributed by atoms with E-state index in [0.717, 1.165) is 25.3 Å². The molecule has 0 saturated carbocycles. The van der Waals surface area contributed by atoms with Gasteiger partial charge in [0, 0.05) is 11.6 Å². The van der Waals surface area contributed by atoms with Gasteiger partial charge in [-0.05, 0) is 25.5 Å². The fraction of sp³-hybridized carbons (Fsp3) is 0.538. The van der Waals surface area contributed by atoms with Crippen LogP contribution in [0, 0.1) is 0 Å². The van der Waals surface area contributed by atoms with E-state index in [-0.39, 0.29) is 0 Å². The fourth-order valence-corrected chi connectivity index (χ4v) is 2.52. The molecule has 1 atom stereocenters. The number of hydrogen-bond acceptors (Lipinski definition) is 4. The maximum absolute atomic E-state index is 4.28. The summed E-state index contributed by atoms with van der Waals surface area (Å²) >= 11 is 0. The van der Waals surface area contributed by atoms with Crippen molar-refractivity contribution >= 4 is 5.69 Å². The molecular weight excluding hydrogens is 212 g/mol. The number of benzene rings is 1. The van der Waals surface area contributed by atoms with E-state index in [2.05, 4.69) is 32.8 Å². The van der Waals surface area contributed by atoms with Crippen molar-refractivity contribution in [1.82, 2.24) is 10.3 Å². The third-order valence-electron chi connectivity index (χ3n) is 3.47. The van der Waals surface area contributed by atoms with Crippen molar-refractivity contribution in [2.75, 3.05) is 13.1 Å². The molecule has 0 aromatic heterocycles. The summed E-state index contributed by atoms with van der Waals surface area (Å²) in [5, 5.41) is 14.2. The molecule has 1 unspecified atom stereocenters. The number of nitrogens with one attached hydrogen (secondary N) is 1. The first-order valence-electron chi connectivity index (χ1n) is 6.40. The van der Waals surface area contributed by atoms with E-state index in [1.165, 1.54) is 24.8 Å². The Hall–Kier alpha value is -1.42. The molecule has 0 bridgehead atoms. The maximum Gasteiger partial charge on any atom is 0.0924 e. The summed E-state index contributed by atoms with van der Waals surface area (Å²) in [5.74, 6) is 0. The monoisotopic (exact) mass is 230 g/mol. The van der Waals surface area contributed by atoms with Crippen LogP contribution in [0.15, 0.2) is 34.6 Å². The minimum absolute atomic E-state index is 0.577. The predicted molar refractivity (Wildman–Crippen MR) is 67.0 cm³/mol. The van der Waals surface area contributed by atoms with Crippen LogP contribution >= 0.6 is 0 Å². The van der Waals surface area contributed by atoms with E-state index in [4.69, 9.17) is 0 Å². The molecule has 2 heterocycles. The second-order valence-corrected chi connectivity index (χ2v) is 4.81. The largest absolute Gasteiger partial charge is 0.312 e. The lowest BCUT2D eigenvalue weighted by Gasteiger charge is -2.29. The highest BCUT2D eigenvalue weighted by molar-refractivity contribution is 5.45. The van der Waals surface area contributed by atoms with Crippen molar-refractivity contribution in [2.24, 2.45) is 10.3 Å². The minimum Gasteiger partial charge on any atom is -0.312 e. The Morgan fingerprint density at radius 2 is 2.24 bits per heavy atom. The molecule has 1 aromatic carbocycles. The Kier molecular flexibility index (Phi) is 3.05. The first-order valence-corrected chi connectivity index (χ1v) is 6.40. The van der Waals surface area contributed by atoms with Gasteiger partial charge in [-0.1, -0.05) is 29.8 Å². The second-order valence-electron chi connectivity index (χ2n) is 4.81. The summed E-state index contributed by atoms with van der Waals surface area (Å²) in [4.78, 5) is 0. The average Bonchev–Trinajstić information content (AvgIpc) is 2.40. The van der Waals surface area contributed by atoms with Gasteiger partial charge in [0.2, 0.25) is 0 Å². The fourth-order valence-electron chi connectivity index (χ4n) is 2.52. The van der Waals surface area contributed by atoms with Crippen LogP contribution in [0.5, 0.6) is 0 Å². The van der Waals surface area contributed by atoms with Crippen molar-refractivity contribution in [1.29, 1.82) is 0 Å². The summed E-state index contributed by atoms with van der Waals surface area (Å²) < 4.78 is 0. The van der Waals surface area contributed by atoms with E-state index in [1.54, 1.807) is 0 Å². The van der Waals surface area contributed by atoms with Crippen molar-refractivity contribution in [3.8, 4) is 0 Å². The van der Waals surface area contributed by atoms with E-state index in [9.17, 15) is 0 Å². The number of nitrogens with zero attached hydrogens (tertiary/aromatic N) is 3. The Balaban J connectivity index is 1.64. The zero-order chi connectivity index (χ0) is 11.5. The van der Waals surface area contributed by atoms with Crippen LogP contribution in [0.3, 0.4) is 0 Å². The molecule has 1 fully saturated rings. The summed E-state index contributed by atoms with van der Waals surface area (Å²) in [6.07, 6.45) is 3.90. The molecule has 3 rings (SSSR count). The summed E-state index contributed by atoms with van der Waals surface area (Å²) in [7, 11) is 0. The molecule has 4 nitrogen and oxygen atoms in total. The molecule has 1 saturated heterocycles. The van der Waals surface area contributed by atoms with Gasteiger partial charge in [-0.3, -0.25) is 5.01 Å². The van der Waals surface area contributed by atoms with Crippen LogP contribution in [0.4, 0.5) is 5.69 Å². The molecule has 17 heavy (non-hydrogen) atoms. The number of fused-ring (bicyclic) bond motifs is 1. The van der Waals surface area contributed by atoms with Crippen LogP contribution in [0.25, 0.3) is 0 Å². The highest BCUT2D eigenvalue weighted by atomic mass is 15.6. The highest BCUT2D eigenvalue weighted by Gasteiger charge is 2.18. The quantitative estimate of drug-likeness (QED) is 0.848. The molecule has 0 radical (unpaired) electrons. The molecule has 2 aliphatic heterocycles. The normalized spacial score (nSPS) is 23.5. The van der Waals surface area contributed by atoms with Crippen molar-refractivity contribution < 1.29 is 0 Å². The molecule has 4 heteroatoms. The Morgan fingerprint density at radius 1 is 1.29 bits per heavy atom. The van der Waals surface area contributed by atoms with Crippen LogP contribution in [0.1, 0.15) is 24.8 Å². The molecule has 1 N–H and O–H groups in total. The van der Waals surface area contributed by atoms with Gasteiger partial charge >= 0.3 is 0 Å². The third kappa shape index (κ3) is 2.47. The van der Waals surface area contributed by atoms with Gasteiger partial charge in [-0.15, -0.1) is 5.11 Å². The van der Waals surface area contributed by atoms with Gasteiger partial charge in [-0.2, -0.15) is 0 Å². The molecule has 1 aromatic rings. The van der Waals surface area contributed by atoms with Crippen LogP contribution < -0.4 is 5.32 Å². The standard InChI is InChI=1S/C13H18N4/c1-2-7-13-11(5-1)9-17(16-15-13)10-12-6-3-4-8-14-12/h1-2,5,7,12,14H,3-4,6,8-10H2. The van der Waals surface area contributed by atoms with E-state index in [1.807, 2.05) is 12.1 Å². The Morgan fingerprint density at radius 3 is 3.12 bits per heavy atom. The predicted octanol–water partition coefficient (Wildman–Crippen LogP) is 2.64. The van der Waals surface area contributed by atoms with Crippen LogP contribution in [-0.2, 0) is 6.54 Å². The first kappa shape index (κ1) is 10.7. The van der Waals surface area contributed by atoms with E-state index >= 15 is 0 Å². The SMILES string of the molecule is c1ccc2c(c1)CN(CC1CCCCN1)N=N2. The first-order chi connectivity index (χ1) is 8.42. The number of piperidine rings is 1. The zero-order valence-corrected chi connectivity index (χ0v) is 9.97. The number of rotatable bonds is 2. The maximum atomic E-state index is 4.28. The lowest BCUT2D eigenvalue weighted by molar-refractivity contribution is 0.207. The van der Waals surface area contributed by atoms with Gasteiger partial charge in [0.1, 0.15) is 0 Å². The minimum atomic E-state index is 0.577. The van der Waals surface area contributed by atoms with Gasteiger partial charge in [0.05, 0.1) is 18.8 Å². The van der Waals surface area contributed by atoms with E-state index in [0.29, 0.717) is 6.04 Å². The summed E-state index contributed by atoms with van der Waals surface area (Å²) in [5.41, 5.74) is 2.29. The van der Waals surface area contributed by atoms with Gasteiger partial charge in [-0.25, -0.2) is 0 Å². The van der Waals surface area contributed by atoms with Gasteiger partial charge in [0.15, 0.2) is 0 Å². The topological polar surface area (TPSA) is 40.0 Å². The van der Waals surface area contributed by atoms with Crippen molar-refractivity contribution in [3.63, 3.8) is 0 Å². The lowest BCUT2D eigenvalue weighted by Crippen LogP contribution is -2.42. The second kappa shape index (κ2) is 4.84. The number of hydrogen-bond donors (Lipinski definition) is 1. The molecule has 0 spiro atoms. The molecule has 90 valence electrons.